The van der Waals surface area contributed by atoms with Crippen LogP contribution in [-0.4, -0.2) is 19.2 Å². The van der Waals surface area contributed by atoms with Gasteiger partial charge in [-0.15, -0.1) is 0 Å². The minimum atomic E-state index is -0.379. The van der Waals surface area contributed by atoms with Crippen LogP contribution in [0, 0.1) is 17.8 Å². The fourth-order valence-electron chi connectivity index (χ4n) is 4.12. The van der Waals surface area contributed by atoms with Gasteiger partial charge in [0.2, 0.25) is 0 Å². The van der Waals surface area contributed by atoms with Crippen LogP contribution in [0.2, 0.25) is 0 Å². The van der Waals surface area contributed by atoms with E-state index < -0.39 is 0 Å². The molecule has 174 valence electrons. The highest BCUT2D eigenvalue weighted by Crippen LogP contribution is 2.32. The molecule has 1 aliphatic carbocycles. The molecule has 4 nitrogen and oxygen atoms in total. The van der Waals surface area contributed by atoms with Crippen LogP contribution < -0.4 is 14.2 Å². The van der Waals surface area contributed by atoms with E-state index in [2.05, 4.69) is 20.8 Å². The van der Waals surface area contributed by atoms with Gasteiger partial charge in [0.1, 0.15) is 17.2 Å². The summed E-state index contributed by atoms with van der Waals surface area (Å²) in [5, 5.41) is 0. The van der Waals surface area contributed by atoms with Crippen molar-refractivity contribution in [2.45, 2.75) is 65.7 Å². The van der Waals surface area contributed by atoms with Crippen LogP contribution in [0.15, 0.2) is 48.5 Å². The Labute approximate surface area is 193 Å². The summed E-state index contributed by atoms with van der Waals surface area (Å²) in [6.45, 7) is 8.01. The summed E-state index contributed by atoms with van der Waals surface area (Å²) >= 11 is 0. The fraction of sp³-hybridized carbons (Fsp3) is 0.536. The topological polar surface area (TPSA) is 44.8 Å². The van der Waals surface area contributed by atoms with Gasteiger partial charge in [-0.05, 0) is 79.1 Å². The molecule has 0 radical (unpaired) electrons. The Morgan fingerprint density at radius 2 is 1.41 bits per heavy atom. The van der Waals surface area contributed by atoms with Crippen molar-refractivity contribution in [3.05, 3.63) is 54.1 Å². The lowest BCUT2D eigenvalue weighted by atomic mass is 9.80. The predicted molar refractivity (Wildman–Crippen MR) is 129 cm³/mol. The molecule has 1 saturated carbocycles. The quantitative estimate of drug-likeness (QED) is 0.272. The maximum Gasteiger partial charge on any atom is 0.343 e. The van der Waals surface area contributed by atoms with Crippen molar-refractivity contribution in [1.82, 2.24) is 0 Å². The first-order valence-electron chi connectivity index (χ1n) is 12.2. The summed E-state index contributed by atoms with van der Waals surface area (Å²) in [4.78, 5) is 12.4. The number of hydrogen-bond acceptors (Lipinski definition) is 4. The lowest BCUT2D eigenvalue weighted by molar-refractivity contribution is 0.0734. The second kappa shape index (κ2) is 12.5. The maximum atomic E-state index is 12.4. The van der Waals surface area contributed by atoms with Crippen molar-refractivity contribution in [1.29, 1.82) is 0 Å². The normalized spacial score (nSPS) is 19.2. The van der Waals surface area contributed by atoms with Gasteiger partial charge in [0.05, 0.1) is 18.8 Å². The summed E-state index contributed by atoms with van der Waals surface area (Å²) in [7, 11) is 0. The Morgan fingerprint density at radius 3 is 2.03 bits per heavy atom. The molecular formula is C28H38O4. The predicted octanol–water partition coefficient (Wildman–Crippen LogP) is 7.32. The van der Waals surface area contributed by atoms with E-state index in [1.165, 1.54) is 38.5 Å². The van der Waals surface area contributed by atoms with E-state index in [0.29, 0.717) is 29.8 Å². The van der Waals surface area contributed by atoms with Crippen molar-refractivity contribution in [2.24, 2.45) is 17.8 Å². The molecule has 0 bridgehead atoms. The molecule has 0 aliphatic heterocycles. The molecule has 4 heteroatoms. The number of hydrogen-bond donors (Lipinski definition) is 0. The monoisotopic (exact) mass is 438 g/mol. The number of carbonyl (C=O) groups excluding carboxylic acids is 1. The highest BCUT2D eigenvalue weighted by atomic mass is 16.5. The van der Waals surface area contributed by atoms with E-state index >= 15 is 0 Å². The minimum Gasteiger partial charge on any atom is -0.493 e. The van der Waals surface area contributed by atoms with Gasteiger partial charge in [-0.2, -0.15) is 0 Å². The Morgan fingerprint density at radius 1 is 0.844 bits per heavy atom. The number of carbonyl (C=O) groups is 1. The van der Waals surface area contributed by atoms with E-state index in [9.17, 15) is 4.79 Å². The summed E-state index contributed by atoms with van der Waals surface area (Å²) < 4.78 is 17.2. The van der Waals surface area contributed by atoms with Gasteiger partial charge < -0.3 is 14.2 Å². The van der Waals surface area contributed by atoms with Crippen molar-refractivity contribution < 1.29 is 19.0 Å². The zero-order chi connectivity index (χ0) is 22.8. The van der Waals surface area contributed by atoms with E-state index in [0.717, 1.165) is 30.4 Å². The van der Waals surface area contributed by atoms with E-state index in [4.69, 9.17) is 14.2 Å². The molecule has 0 aromatic heterocycles. The summed E-state index contributed by atoms with van der Waals surface area (Å²) in [6, 6.07) is 14.4. The zero-order valence-electron chi connectivity index (χ0n) is 19.8. The van der Waals surface area contributed by atoms with Crippen LogP contribution >= 0.6 is 0 Å². The van der Waals surface area contributed by atoms with Gasteiger partial charge in [-0.25, -0.2) is 4.79 Å². The molecule has 3 rings (SSSR count). The Bertz CT molecular complexity index is 804. The summed E-state index contributed by atoms with van der Waals surface area (Å²) in [5.41, 5.74) is 0.500. The van der Waals surface area contributed by atoms with Gasteiger partial charge in [0, 0.05) is 0 Å². The van der Waals surface area contributed by atoms with Gasteiger partial charge >= 0.3 is 5.97 Å². The first kappa shape index (κ1) is 24.2. The standard InChI is InChI=1S/C28H38O4/c1-4-6-22-7-9-23(10-8-22)20-31-26-15-17-27(18-16-26)32-28(29)24-11-13-25(14-12-24)30-19-21(3)5-2/h11-18,21-23H,4-10,19-20H2,1-3H3. The van der Waals surface area contributed by atoms with Gasteiger partial charge in [-0.3, -0.25) is 0 Å². The number of benzene rings is 2. The average molecular weight is 439 g/mol. The lowest BCUT2D eigenvalue weighted by Gasteiger charge is -2.28. The van der Waals surface area contributed by atoms with Crippen molar-refractivity contribution in [2.75, 3.05) is 13.2 Å². The third-order valence-corrected chi connectivity index (χ3v) is 6.50. The Balaban J connectivity index is 1.42. The van der Waals surface area contributed by atoms with Crippen LogP contribution in [0.5, 0.6) is 17.2 Å². The molecule has 1 unspecified atom stereocenters. The van der Waals surface area contributed by atoms with Crippen LogP contribution in [0.25, 0.3) is 0 Å². The second-order valence-corrected chi connectivity index (χ2v) is 9.20. The fourth-order valence-corrected chi connectivity index (χ4v) is 4.12. The molecule has 32 heavy (non-hydrogen) atoms. The molecule has 2 aromatic carbocycles. The molecule has 0 saturated heterocycles. The second-order valence-electron chi connectivity index (χ2n) is 9.20. The van der Waals surface area contributed by atoms with Crippen molar-refractivity contribution in [3.63, 3.8) is 0 Å². The first-order valence-corrected chi connectivity index (χ1v) is 12.2. The Hall–Kier alpha value is -2.49. The molecule has 0 heterocycles. The molecular weight excluding hydrogens is 400 g/mol. The third kappa shape index (κ3) is 7.58. The van der Waals surface area contributed by atoms with Gasteiger partial charge in [0.15, 0.2) is 0 Å². The van der Waals surface area contributed by atoms with Crippen LogP contribution in [0.3, 0.4) is 0 Å². The van der Waals surface area contributed by atoms with E-state index in [1.807, 2.05) is 24.3 Å². The summed E-state index contributed by atoms with van der Waals surface area (Å²) in [5.74, 6) is 3.80. The van der Waals surface area contributed by atoms with Gasteiger partial charge in [0.25, 0.3) is 0 Å². The lowest BCUT2D eigenvalue weighted by Crippen LogP contribution is -2.20. The molecule has 0 N–H and O–H groups in total. The van der Waals surface area contributed by atoms with E-state index in [-0.39, 0.29) is 5.97 Å². The third-order valence-electron chi connectivity index (χ3n) is 6.50. The highest BCUT2D eigenvalue weighted by molar-refractivity contribution is 5.91. The zero-order valence-corrected chi connectivity index (χ0v) is 19.8. The molecule has 1 aliphatic rings. The number of esters is 1. The van der Waals surface area contributed by atoms with Crippen LogP contribution in [0.1, 0.15) is 76.1 Å². The highest BCUT2D eigenvalue weighted by Gasteiger charge is 2.21. The molecule has 1 fully saturated rings. The maximum absolute atomic E-state index is 12.4. The van der Waals surface area contributed by atoms with Crippen molar-refractivity contribution >= 4 is 5.97 Å². The SMILES string of the molecule is CCCC1CCC(COc2ccc(OC(=O)c3ccc(OCC(C)CC)cc3)cc2)CC1. The van der Waals surface area contributed by atoms with Crippen LogP contribution in [0.4, 0.5) is 0 Å². The van der Waals surface area contributed by atoms with Crippen LogP contribution in [-0.2, 0) is 0 Å². The van der Waals surface area contributed by atoms with E-state index in [1.54, 1.807) is 24.3 Å². The molecule has 2 aromatic rings. The van der Waals surface area contributed by atoms with Gasteiger partial charge in [-0.1, -0.05) is 52.9 Å². The molecule has 0 spiro atoms. The summed E-state index contributed by atoms with van der Waals surface area (Å²) in [6.07, 6.45) is 8.94. The largest absolute Gasteiger partial charge is 0.493 e. The smallest absolute Gasteiger partial charge is 0.343 e. The first-order chi connectivity index (χ1) is 15.6. The Kier molecular flexibility index (Phi) is 9.45. The number of ether oxygens (including phenoxy) is 3. The molecule has 0 amide bonds. The van der Waals surface area contributed by atoms with Crippen molar-refractivity contribution in [3.8, 4) is 17.2 Å². The average Bonchev–Trinajstić information content (AvgIpc) is 2.83. The number of rotatable bonds is 11. The molecule has 1 atom stereocenters. The minimum absolute atomic E-state index is 0.379.